The van der Waals surface area contributed by atoms with Gasteiger partial charge in [-0.15, -0.1) is 0 Å². The Hall–Kier alpha value is -2.08. The fourth-order valence-electron chi connectivity index (χ4n) is 1.76. The normalized spacial score (nSPS) is 16.2. The number of ether oxygens (including phenoxy) is 1. The first-order valence-corrected chi connectivity index (χ1v) is 6.98. The number of aromatic nitrogens is 1. The zero-order chi connectivity index (χ0) is 12.6. The van der Waals surface area contributed by atoms with E-state index in [1.165, 1.54) is 0 Å². The molecule has 0 bridgehead atoms. The Balaban J connectivity index is 2.06. The maximum Gasteiger partial charge on any atom is 0.268 e. The summed E-state index contributed by atoms with van der Waals surface area (Å²) in [4.78, 5) is 4.11. The van der Waals surface area contributed by atoms with Crippen LogP contribution >= 0.6 is 0 Å². The summed E-state index contributed by atoms with van der Waals surface area (Å²) in [6, 6.07) is 11.3. The van der Waals surface area contributed by atoms with Gasteiger partial charge in [-0.05, 0) is 11.6 Å². The second kappa shape index (κ2) is 3.99. The molecule has 2 aromatic rings. The maximum atomic E-state index is 11.4. The molecule has 1 N–H and O–H groups in total. The molecule has 2 heterocycles. The Kier molecular flexibility index (Phi) is 2.45. The third-order valence-electron chi connectivity index (χ3n) is 2.57. The van der Waals surface area contributed by atoms with Crippen molar-refractivity contribution in [2.75, 3.05) is 10.7 Å². The zero-order valence-electron chi connectivity index (χ0n) is 9.33. The molecule has 0 saturated heterocycles. The molecule has 0 aliphatic carbocycles. The van der Waals surface area contributed by atoms with Gasteiger partial charge in [-0.25, -0.2) is 13.4 Å². The third kappa shape index (κ3) is 2.02. The summed E-state index contributed by atoms with van der Waals surface area (Å²) in [7, 11) is -3.41. The van der Waals surface area contributed by atoms with Gasteiger partial charge in [-0.2, -0.15) is 0 Å². The van der Waals surface area contributed by atoms with Gasteiger partial charge in [0.2, 0.25) is 11.8 Å². The van der Waals surface area contributed by atoms with Crippen molar-refractivity contribution < 1.29 is 13.2 Å². The first-order chi connectivity index (χ1) is 8.64. The molecule has 0 unspecified atom stereocenters. The highest BCUT2D eigenvalue weighted by Crippen LogP contribution is 2.31. The van der Waals surface area contributed by atoms with E-state index in [0.29, 0.717) is 11.6 Å². The van der Waals surface area contributed by atoms with Crippen LogP contribution in [0.15, 0.2) is 42.6 Å². The Bertz CT molecular complexity index is 684. The van der Waals surface area contributed by atoms with Crippen LogP contribution in [0.5, 0.6) is 5.88 Å². The molecular formula is C12H10N2O3S. The highest BCUT2D eigenvalue weighted by atomic mass is 32.2. The second-order valence-electron chi connectivity index (χ2n) is 3.92. The van der Waals surface area contributed by atoms with Gasteiger partial charge >= 0.3 is 0 Å². The van der Waals surface area contributed by atoms with Crippen LogP contribution in [-0.4, -0.2) is 19.3 Å². The Morgan fingerprint density at radius 2 is 1.94 bits per heavy atom. The molecule has 18 heavy (non-hydrogen) atoms. The third-order valence-corrected chi connectivity index (χ3v) is 3.53. The Morgan fingerprint density at radius 1 is 1.17 bits per heavy atom. The minimum Gasteiger partial charge on any atom is -0.458 e. The van der Waals surface area contributed by atoms with Crippen LogP contribution in [0.3, 0.4) is 0 Å². The van der Waals surface area contributed by atoms with Crippen LogP contribution in [0.4, 0.5) is 5.69 Å². The molecule has 92 valence electrons. The Morgan fingerprint density at radius 3 is 2.72 bits per heavy atom. The summed E-state index contributed by atoms with van der Waals surface area (Å²) in [6.07, 6.45) is 1.66. The Labute approximate surface area is 104 Å². The summed E-state index contributed by atoms with van der Waals surface area (Å²) in [5.41, 5.74) is 2.18. The molecule has 0 radical (unpaired) electrons. The standard InChI is InChI=1S/C12H10N2O3S/c15-18(16)8-17-12-11(14-18)6-10(7-13-12)9-4-2-1-3-5-9/h1-7,14H,8H2. The molecule has 0 atom stereocenters. The lowest BCUT2D eigenvalue weighted by Crippen LogP contribution is -2.26. The van der Waals surface area contributed by atoms with Gasteiger partial charge < -0.3 is 4.74 Å². The predicted molar refractivity (Wildman–Crippen MR) is 67.7 cm³/mol. The van der Waals surface area contributed by atoms with Crippen LogP contribution in [0.25, 0.3) is 11.1 Å². The van der Waals surface area contributed by atoms with E-state index in [2.05, 4.69) is 9.71 Å². The number of anilines is 1. The fraction of sp³-hybridized carbons (Fsp3) is 0.0833. The smallest absolute Gasteiger partial charge is 0.268 e. The van der Waals surface area contributed by atoms with Gasteiger partial charge in [0.05, 0.1) is 0 Å². The average Bonchev–Trinajstić information content (AvgIpc) is 2.38. The van der Waals surface area contributed by atoms with Crippen LogP contribution in [-0.2, 0) is 10.0 Å². The topological polar surface area (TPSA) is 68.3 Å². The summed E-state index contributed by atoms with van der Waals surface area (Å²) >= 11 is 0. The highest BCUT2D eigenvalue weighted by molar-refractivity contribution is 7.92. The molecule has 5 nitrogen and oxygen atoms in total. The SMILES string of the molecule is O=S1(=O)COc2ncc(-c3ccccc3)cc2N1. The summed E-state index contributed by atoms with van der Waals surface area (Å²) in [5.74, 6) is -0.0815. The van der Waals surface area contributed by atoms with Gasteiger partial charge in [-0.1, -0.05) is 30.3 Å². The van der Waals surface area contributed by atoms with Crippen molar-refractivity contribution in [3.63, 3.8) is 0 Å². The fourth-order valence-corrected chi connectivity index (χ4v) is 2.57. The summed E-state index contributed by atoms with van der Waals surface area (Å²) in [5, 5.41) is 0. The van der Waals surface area contributed by atoms with Crippen LogP contribution < -0.4 is 9.46 Å². The largest absolute Gasteiger partial charge is 0.458 e. The number of nitrogens with zero attached hydrogens (tertiary/aromatic N) is 1. The van der Waals surface area contributed by atoms with Crippen LogP contribution in [0.1, 0.15) is 0 Å². The molecule has 0 amide bonds. The first kappa shape index (κ1) is 11.0. The maximum absolute atomic E-state index is 11.4. The predicted octanol–water partition coefficient (Wildman–Crippen LogP) is 1.84. The zero-order valence-corrected chi connectivity index (χ0v) is 10.1. The minimum atomic E-state index is -3.41. The quantitative estimate of drug-likeness (QED) is 0.851. The van der Waals surface area contributed by atoms with Crippen molar-refractivity contribution >= 4 is 15.7 Å². The molecule has 0 saturated carbocycles. The number of hydrogen-bond acceptors (Lipinski definition) is 4. The number of pyridine rings is 1. The lowest BCUT2D eigenvalue weighted by molar-refractivity contribution is 0.360. The van der Waals surface area contributed by atoms with E-state index in [0.717, 1.165) is 11.1 Å². The highest BCUT2D eigenvalue weighted by Gasteiger charge is 2.22. The number of rotatable bonds is 1. The number of nitrogens with one attached hydrogen (secondary N) is 1. The van der Waals surface area contributed by atoms with Crippen LogP contribution in [0.2, 0.25) is 0 Å². The van der Waals surface area contributed by atoms with Crippen molar-refractivity contribution in [1.29, 1.82) is 0 Å². The molecule has 3 rings (SSSR count). The van der Waals surface area contributed by atoms with E-state index in [-0.39, 0.29) is 0 Å². The molecule has 6 heteroatoms. The van der Waals surface area contributed by atoms with Crippen molar-refractivity contribution in [2.45, 2.75) is 0 Å². The molecule has 0 spiro atoms. The molecule has 1 aliphatic rings. The van der Waals surface area contributed by atoms with Crippen molar-refractivity contribution in [1.82, 2.24) is 4.98 Å². The van der Waals surface area contributed by atoms with E-state index in [4.69, 9.17) is 4.74 Å². The van der Waals surface area contributed by atoms with E-state index < -0.39 is 16.0 Å². The number of sulfonamides is 1. The van der Waals surface area contributed by atoms with E-state index in [1.54, 1.807) is 12.3 Å². The van der Waals surface area contributed by atoms with Crippen LogP contribution in [0, 0.1) is 0 Å². The molecule has 0 fully saturated rings. The van der Waals surface area contributed by atoms with E-state index >= 15 is 0 Å². The lowest BCUT2D eigenvalue weighted by atomic mass is 10.1. The molecular weight excluding hydrogens is 252 g/mol. The summed E-state index contributed by atoms with van der Waals surface area (Å²) < 4.78 is 30.3. The average molecular weight is 262 g/mol. The number of benzene rings is 1. The van der Waals surface area contributed by atoms with Gasteiger partial charge in [0.1, 0.15) is 5.69 Å². The first-order valence-electron chi connectivity index (χ1n) is 5.33. The van der Waals surface area contributed by atoms with Crippen molar-refractivity contribution in [3.05, 3.63) is 42.6 Å². The molecule has 1 aliphatic heterocycles. The summed E-state index contributed by atoms with van der Waals surface area (Å²) in [6.45, 7) is 0. The minimum absolute atomic E-state index is 0.310. The van der Waals surface area contributed by atoms with Gasteiger partial charge in [0, 0.05) is 11.8 Å². The van der Waals surface area contributed by atoms with Gasteiger partial charge in [-0.3, -0.25) is 4.72 Å². The van der Waals surface area contributed by atoms with E-state index in [1.807, 2.05) is 30.3 Å². The second-order valence-corrected chi connectivity index (χ2v) is 5.59. The van der Waals surface area contributed by atoms with Crippen molar-refractivity contribution in [3.8, 4) is 17.0 Å². The molecule has 1 aromatic carbocycles. The monoisotopic (exact) mass is 262 g/mol. The lowest BCUT2D eigenvalue weighted by Gasteiger charge is -2.18. The van der Waals surface area contributed by atoms with Crippen molar-refractivity contribution in [2.24, 2.45) is 0 Å². The van der Waals surface area contributed by atoms with E-state index in [9.17, 15) is 8.42 Å². The number of fused-ring (bicyclic) bond motifs is 1. The molecule has 1 aromatic heterocycles. The van der Waals surface area contributed by atoms with Gasteiger partial charge in [0.25, 0.3) is 10.0 Å². The number of hydrogen-bond donors (Lipinski definition) is 1. The van der Waals surface area contributed by atoms with Gasteiger partial charge in [0.15, 0.2) is 0 Å².